The first kappa shape index (κ1) is 16.2. The van der Waals surface area contributed by atoms with Crippen molar-refractivity contribution in [2.24, 2.45) is 5.92 Å². The van der Waals surface area contributed by atoms with Gasteiger partial charge in [-0.25, -0.2) is 0 Å². The summed E-state index contributed by atoms with van der Waals surface area (Å²) in [7, 11) is 2.01. The summed E-state index contributed by atoms with van der Waals surface area (Å²) >= 11 is 0. The van der Waals surface area contributed by atoms with Crippen LogP contribution < -0.4 is 5.32 Å². The molecule has 0 aliphatic rings. The van der Waals surface area contributed by atoms with Crippen LogP contribution in [0.25, 0.3) is 0 Å². The first-order chi connectivity index (χ1) is 9.13. The second-order valence-corrected chi connectivity index (χ2v) is 5.60. The van der Waals surface area contributed by atoms with Crippen LogP contribution in [-0.2, 0) is 13.0 Å². The van der Waals surface area contributed by atoms with Crippen molar-refractivity contribution in [3.8, 4) is 0 Å². The van der Waals surface area contributed by atoms with Crippen LogP contribution in [0.5, 0.6) is 0 Å². The molecule has 3 nitrogen and oxygen atoms in total. The number of aromatic nitrogens is 2. The van der Waals surface area contributed by atoms with Gasteiger partial charge in [0.15, 0.2) is 0 Å². The van der Waals surface area contributed by atoms with Crippen LogP contribution in [0, 0.1) is 19.8 Å². The number of rotatable bonds is 9. The number of hydrogen-bond acceptors (Lipinski definition) is 2. The van der Waals surface area contributed by atoms with Crippen molar-refractivity contribution in [3.63, 3.8) is 0 Å². The Labute approximate surface area is 118 Å². The topological polar surface area (TPSA) is 29.9 Å². The van der Waals surface area contributed by atoms with E-state index in [0.29, 0.717) is 0 Å². The normalized spacial score (nSPS) is 12.9. The smallest absolute Gasteiger partial charge is 0.0628 e. The second kappa shape index (κ2) is 8.36. The first-order valence-corrected chi connectivity index (χ1v) is 7.81. The van der Waals surface area contributed by atoms with Crippen molar-refractivity contribution >= 4 is 0 Å². The third-order valence-electron chi connectivity index (χ3n) is 4.13. The minimum atomic E-state index is 0.773. The van der Waals surface area contributed by atoms with Gasteiger partial charge < -0.3 is 5.32 Å². The van der Waals surface area contributed by atoms with Gasteiger partial charge >= 0.3 is 0 Å². The fourth-order valence-corrected chi connectivity index (χ4v) is 2.69. The van der Waals surface area contributed by atoms with Crippen LogP contribution in [0.2, 0.25) is 0 Å². The van der Waals surface area contributed by atoms with E-state index in [9.17, 15) is 0 Å². The van der Waals surface area contributed by atoms with Crippen LogP contribution in [0.4, 0.5) is 0 Å². The van der Waals surface area contributed by atoms with Gasteiger partial charge in [0, 0.05) is 12.2 Å². The molecule has 110 valence electrons. The standard InChI is InChI=1S/C16H31N3/c1-6-8-9-15(7-2)12-19-14(4)16(10-11-17-5)13(3)18-19/h15,17H,6-12H2,1-5H3. The Balaban J connectivity index is 2.72. The molecule has 1 heterocycles. The number of unbranched alkanes of at least 4 members (excludes halogenated alkanes) is 1. The summed E-state index contributed by atoms with van der Waals surface area (Å²) in [4.78, 5) is 0. The van der Waals surface area contributed by atoms with Crippen molar-refractivity contribution < 1.29 is 0 Å². The summed E-state index contributed by atoms with van der Waals surface area (Å²) in [6, 6.07) is 0. The van der Waals surface area contributed by atoms with E-state index >= 15 is 0 Å². The zero-order valence-corrected chi connectivity index (χ0v) is 13.4. The van der Waals surface area contributed by atoms with E-state index in [0.717, 1.165) is 25.4 Å². The van der Waals surface area contributed by atoms with Crippen LogP contribution in [0.15, 0.2) is 0 Å². The van der Waals surface area contributed by atoms with Crippen molar-refractivity contribution in [1.29, 1.82) is 0 Å². The lowest BCUT2D eigenvalue weighted by Crippen LogP contribution is -2.14. The second-order valence-electron chi connectivity index (χ2n) is 5.60. The molecule has 0 bridgehead atoms. The molecule has 19 heavy (non-hydrogen) atoms. The fraction of sp³-hybridized carbons (Fsp3) is 0.812. The Morgan fingerprint density at radius 3 is 2.58 bits per heavy atom. The first-order valence-electron chi connectivity index (χ1n) is 7.81. The maximum atomic E-state index is 4.75. The summed E-state index contributed by atoms with van der Waals surface area (Å²) in [5.41, 5.74) is 4.00. The molecule has 0 aromatic carbocycles. The number of nitrogens with one attached hydrogen (secondary N) is 1. The molecule has 0 aliphatic carbocycles. The Bertz CT molecular complexity index is 368. The molecule has 0 radical (unpaired) electrons. The lowest BCUT2D eigenvalue weighted by Gasteiger charge is -2.15. The van der Waals surface area contributed by atoms with Gasteiger partial charge in [-0.05, 0) is 51.8 Å². The Morgan fingerprint density at radius 2 is 2.00 bits per heavy atom. The zero-order chi connectivity index (χ0) is 14.3. The molecule has 1 aromatic heterocycles. The highest BCUT2D eigenvalue weighted by molar-refractivity contribution is 5.24. The van der Waals surface area contributed by atoms with E-state index in [2.05, 4.69) is 37.7 Å². The maximum absolute atomic E-state index is 4.75. The number of aryl methyl sites for hydroxylation is 1. The van der Waals surface area contributed by atoms with E-state index in [1.165, 1.54) is 42.6 Å². The maximum Gasteiger partial charge on any atom is 0.0628 e. The van der Waals surface area contributed by atoms with Gasteiger partial charge in [-0.1, -0.05) is 33.1 Å². The van der Waals surface area contributed by atoms with Crippen LogP contribution in [0.1, 0.15) is 56.5 Å². The summed E-state index contributed by atoms with van der Waals surface area (Å²) in [6.07, 6.45) is 6.30. The molecular weight excluding hydrogens is 234 g/mol. The van der Waals surface area contributed by atoms with Gasteiger partial charge in [0.2, 0.25) is 0 Å². The SMILES string of the molecule is CCCCC(CC)Cn1nc(C)c(CCNC)c1C. The highest BCUT2D eigenvalue weighted by atomic mass is 15.3. The van der Waals surface area contributed by atoms with E-state index in [1.54, 1.807) is 0 Å². The molecule has 1 atom stereocenters. The average molecular weight is 265 g/mol. The average Bonchev–Trinajstić information content (AvgIpc) is 2.67. The molecule has 0 saturated heterocycles. The summed E-state index contributed by atoms with van der Waals surface area (Å²) in [5, 5.41) is 7.97. The highest BCUT2D eigenvalue weighted by Gasteiger charge is 2.14. The number of hydrogen-bond donors (Lipinski definition) is 1. The minimum Gasteiger partial charge on any atom is -0.319 e. The lowest BCUT2D eigenvalue weighted by molar-refractivity contribution is 0.367. The van der Waals surface area contributed by atoms with Gasteiger partial charge in [-0.3, -0.25) is 4.68 Å². The third kappa shape index (κ3) is 4.64. The van der Waals surface area contributed by atoms with Gasteiger partial charge in [0.25, 0.3) is 0 Å². The summed E-state index contributed by atoms with van der Waals surface area (Å²) in [6.45, 7) is 11.0. The van der Waals surface area contributed by atoms with Gasteiger partial charge in [-0.2, -0.15) is 5.10 Å². The van der Waals surface area contributed by atoms with Crippen LogP contribution in [0.3, 0.4) is 0 Å². The lowest BCUT2D eigenvalue weighted by atomic mass is 9.99. The molecule has 1 rings (SSSR count). The summed E-state index contributed by atoms with van der Waals surface area (Å²) in [5.74, 6) is 0.773. The molecule has 3 heteroatoms. The molecule has 1 N–H and O–H groups in total. The van der Waals surface area contributed by atoms with E-state index < -0.39 is 0 Å². The highest BCUT2D eigenvalue weighted by Crippen LogP contribution is 2.19. The number of nitrogens with zero attached hydrogens (tertiary/aromatic N) is 2. The number of likely N-dealkylation sites (N-methyl/N-ethyl adjacent to an activating group) is 1. The largest absolute Gasteiger partial charge is 0.319 e. The third-order valence-corrected chi connectivity index (χ3v) is 4.13. The Kier molecular flexibility index (Phi) is 7.14. The fourth-order valence-electron chi connectivity index (χ4n) is 2.69. The molecule has 1 aromatic rings. The molecule has 0 aliphatic heterocycles. The molecule has 0 fully saturated rings. The van der Waals surface area contributed by atoms with E-state index in [1.807, 2.05) is 7.05 Å². The Morgan fingerprint density at radius 1 is 1.26 bits per heavy atom. The van der Waals surface area contributed by atoms with Crippen molar-refractivity contribution in [2.45, 2.75) is 66.3 Å². The van der Waals surface area contributed by atoms with E-state index in [4.69, 9.17) is 5.10 Å². The van der Waals surface area contributed by atoms with Crippen molar-refractivity contribution in [1.82, 2.24) is 15.1 Å². The van der Waals surface area contributed by atoms with E-state index in [-0.39, 0.29) is 0 Å². The monoisotopic (exact) mass is 265 g/mol. The predicted octanol–water partition coefficient (Wildman–Crippen LogP) is 3.48. The van der Waals surface area contributed by atoms with Crippen molar-refractivity contribution in [3.05, 3.63) is 17.0 Å². The molecule has 0 saturated carbocycles. The quantitative estimate of drug-likeness (QED) is 0.741. The van der Waals surface area contributed by atoms with Gasteiger partial charge in [0.1, 0.15) is 0 Å². The Hall–Kier alpha value is -0.830. The van der Waals surface area contributed by atoms with Crippen LogP contribution >= 0.6 is 0 Å². The van der Waals surface area contributed by atoms with Gasteiger partial charge in [-0.15, -0.1) is 0 Å². The predicted molar refractivity (Wildman–Crippen MR) is 82.6 cm³/mol. The molecule has 0 amide bonds. The van der Waals surface area contributed by atoms with Crippen LogP contribution in [-0.4, -0.2) is 23.4 Å². The minimum absolute atomic E-state index is 0.773. The molecule has 0 spiro atoms. The van der Waals surface area contributed by atoms with Crippen molar-refractivity contribution in [2.75, 3.05) is 13.6 Å². The van der Waals surface area contributed by atoms with Gasteiger partial charge in [0.05, 0.1) is 5.69 Å². The zero-order valence-electron chi connectivity index (χ0n) is 13.4. The molecular formula is C16H31N3. The summed E-state index contributed by atoms with van der Waals surface area (Å²) < 4.78 is 2.24. The molecule has 1 unspecified atom stereocenters.